The van der Waals surface area contributed by atoms with Crippen molar-refractivity contribution in [3.05, 3.63) is 59.7 Å². The van der Waals surface area contributed by atoms with Crippen molar-refractivity contribution in [1.29, 1.82) is 0 Å². The molecule has 1 N–H and O–H groups in total. The number of carbonyl (C=O) groups is 1. The highest BCUT2D eigenvalue weighted by molar-refractivity contribution is 7.98. The van der Waals surface area contributed by atoms with Gasteiger partial charge in [0, 0.05) is 31.1 Å². The normalized spacial score (nSPS) is 15.0. The van der Waals surface area contributed by atoms with Gasteiger partial charge in [-0.3, -0.25) is 4.79 Å². The summed E-state index contributed by atoms with van der Waals surface area (Å²) in [5.41, 5.74) is 1.48. The summed E-state index contributed by atoms with van der Waals surface area (Å²) >= 11 is 1.73. The summed E-state index contributed by atoms with van der Waals surface area (Å²) < 4.78 is 32.7. The number of thioether (sulfide) groups is 1. The zero-order valence-corrected chi connectivity index (χ0v) is 18.8. The van der Waals surface area contributed by atoms with Crippen LogP contribution in [0.2, 0.25) is 0 Å². The Morgan fingerprint density at radius 3 is 2.53 bits per heavy atom. The van der Waals surface area contributed by atoms with Crippen molar-refractivity contribution >= 4 is 27.7 Å². The maximum absolute atomic E-state index is 12.9. The molecule has 3 rings (SSSR count). The van der Waals surface area contributed by atoms with Crippen LogP contribution in [0, 0.1) is 0 Å². The highest BCUT2D eigenvalue weighted by Gasteiger charge is 2.27. The van der Waals surface area contributed by atoms with Crippen molar-refractivity contribution in [2.24, 2.45) is 0 Å². The van der Waals surface area contributed by atoms with Gasteiger partial charge >= 0.3 is 0 Å². The van der Waals surface area contributed by atoms with E-state index in [-0.39, 0.29) is 16.4 Å². The summed E-state index contributed by atoms with van der Waals surface area (Å²) in [6.45, 7) is 1.53. The molecule has 0 aromatic heterocycles. The van der Waals surface area contributed by atoms with Gasteiger partial charge < -0.3 is 10.1 Å². The smallest absolute Gasteiger partial charge is 0.255 e. The monoisotopic (exact) mass is 448 g/mol. The van der Waals surface area contributed by atoms with Crippen LogP contribution < -0.4 is 10.1 Å². The number of carbonyl (C=O) groups excluding carboxylic acids is 1. The average molecular weight is 449 g/mol. The summed E-state index contributed by atoms with van der Waals surface area (Å²) in [6.07, 6.45) is 2.78. The van der Waals surface area contributed by atoms with Crippen LogP contribution in [-0.4, -0.2) is 51.1 Å². The molecule has 0 bridgehead atoms. The van der Waals surface area contributed by atoms with Gasteiger partial charge in [0.25, 0.3) is 5.91 Å². The molecule has 0 saturated carbocycles. The van der Waals surface area contributed by atoms with E-state index in [4.69, 9.17) is 4.74 Å². The Morgan fingerprint density at radius 1 is 1.10 bits per heavy atom. The predicted octanol–water partition coefficient (Wildman–Crippen LogP) is 3.53. The Balaban J connectivity index is 1.62. The Hall–Kier alpha value is -2.03. The van der Waals surface area contributed by atoms with Crippen LogP contribution in [0.15, 0.2) is 53.4 Å². The van der Waals surface area contributed by atoms with E-state index in [1.54, 1.807) is 17.8 Å². The van der Waals surface area contributed by atoms with Gasteiger partial charge in [-0.05, 0) is 36.6 Å². The zero-order valence-electron chi connectivity index (χ0n) is 17.2. The van der Waals surface area contributed by atoms with Gasteiger partial charge in [0.2, 0.25) is 10.0 Å². The van der Waals surface area contributed by atoms with Crippen molar-refractivity contribution in [1.82, 2.24) is 9.62 Å². The van der Waals surface area contributed by atoms with Gasteiger partial charge in [0.15, 0.2) is 0 Å². The molecule has 162 valence electrons. The van der Waals surface area contributed by atoms with E-state index < -0.39 is 10.0 Å². The van der Waals surface area contributed by atoms with Crippen LogP contribution in [-0.2, 0) is 15.8 Å². The number of benzene rings is 2. The number of piperidine rings is 1. The summed E-state index contributed by atoms with van der Waals surface area (Å²) in [7, 11) is -2.14. The number of hydrogen-bond donors (Lipinski definition) is 1. The molecule has 1 aliphatic rings. The first-order valence-corrected chi connectivity index (χ1v) is 12.7. The van der Waals surface area contributed by atoms with Crippen LogP contribution in [0.4, 0.5) is 0 Å². The maximum atomic E-state index is 12.9. The molecule has 0 radical (unpaired) electrons. The van der Waals surface area contributed by atoms with Gasteiger partial charge in [0.1, 0.15) is 5.75 Å². The minimum absolute atomic E-state index is 0.133. The molecule has 8 heteroatoms. The molecule has 30 heavy (non-hydrogen) atoms. The van der Waals surface area contributed by atoms with Crippen molar-refractivity contribution < 1.29 is 17.9 Å². The first-order chi connectivity index (χ1) is 14.5. The number of ether oxygens (including phenoxy) is 1. The molecule has 1 aliphatic heterocycles. The molecule has 1 amide bonds. The molecule has 6 nitrogen and oxygen atoms in total. The van der Waals surface area contributed by atoms with Crippen LogP contribution in [0.25, 0.3) is 0 Å². The molecule has 1 saturated heterocycles. The number of amides is 1. The number of rotatable bonds is 9. The van der Waals surface area contributed by atoms with Crippen LogP contribution >= 0.6 is 11.8 Å². The van der Waals surface area contributed by atoms with E-state index in [0.717, 1.165) is 30.8 Å². The molecule has 0 unspecified atom stereocenters. The summed E-state index contributed by atoms with van der Waals surface area (Å²) in [4.78, 5) is 12.8. The number of nitrogens with zero attached hydrogens (tertiary/aromatic N) is 1. The Kier molecular flexibility index (Phi) is 8.18. The Bertz CT molecular complexity index is 943. The van der Waals surface area contributed by atoms with E-state index >= 15 is 0 Å². The second kappa shape index (κ2) is 10.8. The highest BCUT2D eigenvalue weighted by atomic mass is 32.2. The Labute approximate surface area is 183 Å². The third-order valence-corrected chi connectivity index (χ3v) is 7.94. The third kappa shape index (κ3) is 5.77. The molecular weight excluding hydrogens is 420 g/mol. The highest BCUT2D eigenvalue weighted by Crippen LogP contribution is 2.26. The van der Waals surface area contributed by atoms with Crippen molar-refractivity contribution in [3.63, 3.8) is 0 Å². The number of nitrogens with one attached hydrogen (secondary N) is 1. The number of sulfonamides is 1. The first-order valence-electron chi connectivity index (χ1n) is 10.1. The quantitative estimate of drug-likeness (QED) is 0.594. The van der Waals surface area contributed by atoms with E-state index in [2.05, 4.69) is 17.4 Å². The van der Waals surface area contributed by atoms with Crippen molar-refractivity contribution in [3.8, 4) is 5.75 Å². The fourth-order valence-electron chi connectivity index (χ4n) is 3.38. The van der Waals surface area contributed by atoms with Crippen molar-refractivity contribution in [2.45, 2.75) is 29.9 Å². The molecule has 0 spiro atoms. The van der Waals surface area contributed by atoms with Gasteiger partial charge in [-0.1, -0.05) is 36.8 Å². The standard InChI is InChI=1S/C22H28N2O4S2/c1-28-21-11-10-19(30(26,27)24-13-6-3-7-14-24)16-20(21)22(25)23-12-15-29-17-18-8-4-2-5-9-18/h2,4-5,8-11,16H,3,6-7,12-15,17H2,1H3,(H,23,25). The van der Waals surface area contributed by atoms with Crippen molar-refractivity contribution in [2.75, 3.05) is 32.5 Å². The molecule has 1 heterocycles. The second-order valence-electron chi connectivity index (χ2n) is 7.12. The molecular formula is C22H28N2O4S2. The fourth-order valence-corrected chi connectivity index (χ4v) is 5.74. The van der Waals surface area contributed by atoms with Crippen LogP contribution in [0.1, 0.15) is 35.2 Å². The van der Waals surface area contributed by atoms with Crippen LogP contribution in [0.3, 0.4) is 0 Å². The molecule has 1 fully saturated rings. The zero-order chi connectivity index (χ0) is 21.4. The lowest BCUT2D eigenvalue weighted by atomic mass is 10.2. The molecule has 2 aromatic carbocycles. The predicted molar refractivity (Wildman–Crippen MR) is 121 cm³/mol. The SMILES string of the molecule is COc1ccc(S(=O)(=O)N2CCCCC2)cc1C(=O)NCCSCc1ccccc1. The summed E-state index contributed by atoms with van der Waals surface area (Å²) in [5.74, 6) is 1.67. The molecule has 2 aromatic rings. The van der Waals surface area contributed by atoms with Gasteiger partial charge in [-0.15, -0.1) is 0 Å². The van der Waals surface area contributed by atoms with E-state index in [1.807, 2.05) is 18.2 Å². The lowest BCUT2D eigenvalue weighted by molar-refractivity contribution is 0.0953. The van der Waals surface area contributed by atoms with E-state index in [9.17, 15) is 13.2 Å². The van der Waals surface area contributed by atoms with Gasteiger partial charge in [-0.2, -0.15) is 16.1 Å². The average Bonchev–Trinajstić information content (AvgIpc) is 2.79. The van der Waals surface area contributed by atoms with Gasteiger partial charge in [0.05, 0.1) is 17.6 Å². The van der Waals surface area contributed by atoms with Crippen LogP contribution in [0.5, 0.6) is 5.75 Å². The topological polar surface area (TPSA) is 75.7 Å². The minimum Gasteiger partial charge on any atom is -0.496 e. The molecule has 0 atom stereocenters. The third-order valence-electron chi connectivity index (χ3n) is 5.01. The number of hydrogen-bond acceptors (Lipinski definition) is 5. The van der Waals surface area contributed by atoms with E-state index in [0.29, 0.717) is 25.4 Å². The van der Waals surface area contributed by atoms with E-state index in [1.165, 1.54) is 29.1 Å². The Morgan fingerprint density at radius 2 is 1.83 bits per heavy atom. The van der Waals surface area contributed by atoms with Gasteiger partial charge in [-0.25, -0.2) is 8.42 Å². The summed E-state index contributed by atoms with van der Waals surface area (Å²) in [6, 6.07) is 14.6. The maximum Gasteiger partial charge on any atom is 0.255 e. The summed E-state index contributed by atoms with van der Waals surface area (Å²) in [5, 5.41) is 2.87. The lowest BCUT2D eigenvalue weighted by Gasteiger charge is -2.26. The lowest BCUT2D eigenvalue weighted by Crippen LogP contribution is -2.35. The first kappa shape index (κ1) is 22.7. The second-order valence-corrected chi connectivity index (χ2v) is 10.2. The molecule has 0 aliphatic carbocycles. The fraction of sp³-hybridized carbons (Fsp3) is 0.409. The largest absolute Gasteiger partial charge is 0.496 e. The minimum atomic E-state index is -3.61. The number of methoxy groups -OCH3 is 1.